The van der Waals surface area contributed by atoms with Crippen molar-refractivity contribution in [1.82, 2.24) is 4.90 Å². The van der Waals surface area contributed by atoms with Gasteiger partial charge in [0, 0.05) is 51.7 Å². The Balaban J connectivity index is 1.77. The molecule has 2 fully saturated rings. The van der Waals surface area contributed by atoms with Crippen molar-refractivity contribution < 1.29 is 58.2 Å². The number of ketones is 2. The third-order valence-corrected chi connectivity index (χ3v) is 12.6. The van der Waals surface area contributed by atoms with E-state index in [9.17, 15) is 34.5 Å². The van der Waals surface area contributed by atoms with E-state index in [0.717, 1.165) is 10.5 Å². The summed E-state index contributed by atoms with van der Waals surface area (Å²) >= 11 is 0. The van der Waals surface area contributed by atoms with Gasteiger partial charge in [-0.05, 0) is 89.0 Å². The summed E-state index contributed by atoms with van der Waals surface area (Å²) in [6.07, 6.45) is 5.75. The minimum absolute atomic E-state index is 0.0103. The van der Waals surface area contributed by atoms with Crippen LogP contribution in [-0.4, -0.2) is 120 Å². The van der Waals surface area contributed by atoms with E-state index in [1.54, 1.807) is 34.0 Å². The number of allylic oxidation sites excluding steroid dienone is 4. The van der Waals surface area contributed by atoms with Crippen molar-refractivity contribution in [3.63, 3.8) is 0 Å². The van der Waals surface area contributed by atoms with Crippen molar-refractivity contribution in [1.29, 1.82) is 0 Å². The first-order valence-corrected chi connectivity index (χ1v) is 20.5. The second-order valence-corrected chi connectivity index (χ2v) is 16.8. The number of cyclic esters (lactones) is 1. The second kappa shape index (κ2) is 20.3. The van der Waals surface area contributed by atoms with Crippen molar-refractivity contribution in [3.05, 3.63) is 35.6 Å². The van der Waals surface area contributed by atoms with Crippen LogP contribution in [0.2, 0.25) is 0 Å². The number of hydrogen-bond donors (Lipinski definition) is 3. The molecule has 13 heteroatoms. The number of esters is 1. The van der Waals surface area contributed by atoms with Crippen LogP contribution in [0.1, 0.15) is 106 Å². The first kappa shape index (κ1) is 45.9. The van der Waals surface area contributed by atoms with E-state index in [1.807, 2.05) is 32.9 Å². The second-order valence-electron chi connectivity index (χ2n) is 16.8. The number of amides is 1. The summed E-state index contributed by atoms with van der Waals surface area (Å²) in [5, 5.41) is 34.0. The normalized spacial score (nSPS) is 41.3. The molecule has 56 heavy (non-hydrogen) atoms. The maximum Gasteiger partial charge on any atom is 0.329 e. The van der Waals surface area contributed by atoms with Gasteiger partial charge in [-0.25, -0.2) is 4.79 Å². The molecule has 1 saturated heterocycles. The van der Waals surface area contributed by atoms with Crippen molar-refractivity contribution in [2.45, 2.75) is 160 Å². The fourth-order valence-electron chi connectivity index (χ4n) is 9.08. The summed E-state index contributed by atoms with van der Waals surface area (Å²) in [6, 6.07) is -1.22. The Kier molecular flexibility index (Phi) is 16.6. The van der Waals surface area contributed by atoms with Crippen molar-refractivity contribution >= 4 is 23.4 Å². The van der Waals surface area contributed by atoms with Crippen molar-refractivity contribution in [3.8, 4) is 0 Å². The number of ether oxygens (including phenoxy) is 5. The molecule has 2 unspecified atom stereocenters. The Labute approximate surface area is 332 Å². The molecule has 3 aliphatic heterocycles. The number of fused-ring (bicyclic) bond motifs is 3. The summed E-state index contributed by atoms with van der Waals surface area (Å²) in [6.45, 7) is 11.1. The van der Waals surface area contributed by atoms with Crippen LogP contribution in [-0.2, 0) is 42.9 Å². The number of methoxy groups -OCH3 is 3. The van der Waals surface area contributed by atoms with Crippen LogP contribution in [0, 0.1) is 29.6 Å². The number of aliphatic hydroxyl groups is 3. The van der Waals surface area contributed by atoms with Crippen LogP contribution < -0.4 is 0 Å². The highest BCUT2D eigenvalue weighted by atomic mass is 16.7. The van der Waals surface area contributed by atoms with Crippen LogP contribution in [0.25, 0.3) is 0 Å². The number of rotatable bonds is 6. The fourth-order valence-corrected chi connectivity index (χ4v) is 9.08. The molecule has 0 aromatic heterocycles. The molecular formula is C43H67NO12. The van der Waals surface area contributed by atoms with Crippen LogP contribution in [0.3, 0.4) is 0 Å². The molecule has 0 aromatic rings. The average molecular weight is 790 g/mol. The molecule has 14 atom stereocenters. The zero-order valence-electron chi connectivity index (χ0n) is 34.8. The minimum Gasteiger partial charge on any atom is -0.456 e. The first-order valence-electron chi connectivity index (χ1n) is 20.5. The number of hydrogen-bond acceptors (Lipinski definition) is 12. The summed E-state index contributed by atoms with van der Waals surface area (Å²) in [5.74, 6) is -7.80. The lowest BCUT2D eigenvalue weighted by molar-refractivity contribution is -0.302. The number of aliphatic hydroxyl groups excluding tert-OH is 2. The molecule has 0 aromatic carbocycles. The van der Waals surface area contributed by atoms with Gasteiger partial charge in [-0.2, -0.15) is 0 Å². The number of nitrogens with zero attached hydrogens (tertiary/aromatic N) is 1. The highest BCUT2D eigenvalue weighted by Crippen LogP contribution is 2.39. The Morgan fingerprint density at radius 1 is 0.929 bits per heavy atom. The topological polar surface area (TPSA) is 178 Å². The molecule has 13 nitrogen and oxygen atoms in total. The van der Waals surface area contributed by atoms with E-state index >= 15 is 0 Å². The van der Waals surface area contributed by atoms with Crippen molar-refractivity contribution in [2.75, 3.05) is 21.3 Å². The molecule has 1 saturated carbocycles. The molecule has 1 aliphatic carbocycles. The van der Waals surface area contributed by atoms with Gasteiger partial charge < -0.3 is 39.0 Å². The molecule has 0 spiro atoms. The Morgan fingerprint density at radius 3 is 2.23 bits per heavy atom. The van der Waals surface area contributed by atoms with E-state index in [-0.39, 0.29) is 43.0 Å². The molecule has 316 valence electrons. The summed E-state index contributed by atoms with van der Waals surface area (Å²) in [5.41, 5.74) is 1.64. The van der Waals surface area contributed by atoms with E-state index in [2.05, 4.69) is 0 Å². The van der Waals surface area contributed by atoms with E-state index < -0.39 is 83.9 Å². The highest BCUT2D eigenvalue weighted by molar-refractivity contribution is 6.39. The lowest BCUT2D eigenvalue weighted by atomic mass is 9.81. The van der Waals surface area contributed by atoms with Gasteiger partial charge in [0.2, 0.25) is 5.79 Å². The first-order chi connectivity index (χ1) is 26.5. The SMILES string of the molecule is CC[C@@H]1/C=C(\C)C[C@H](C)C[C@H](OC)[C@H]2O[C@@](O)(C(=O)C(=O)N3C=CCCC3C(=O)O[C@H](/C(C)=C/C3CC[C@@H](O)[C@H](OC)C3)[C@H](C)[C@@H](O)CC1=O)[C@H](C)C[C@@H]2OC. The quantitative estimate of drug-likeness (QED) is 0.194. The number of Topliss-reactive ketones (excluding diaryl/α,β-unsaturated/α-hetero) is 2. The molecule has 3 N–H and O–H groups in total. The van der Waals surface area contributed by atoms with Gasteiger partial charge in [-0.1, -0.05) is 51.5 Å². The highest BCUT2D eigenvalue weighted by Gasteiger charge is 2.56. The summed E-state index contributed by atoms with van der Waals surface area (Å²) < 4.78 is 29.6. The Hall–Kier alpha value is -2.78. The van der Waals surface area contributed by atoms with Crippen LogP contribution in [0.5, 0.6) is 0 Å². The van der Waals surface area contributed by atoms with Gasteiger partial charge in [0.25, 0.3) is 5.78 Å². The monoisotopic (exact) mass is 789 g/mol. The van der Waals surface area contributed by atoms with Gasteiger partial charge in [-0.15, -0.1) is 0 Å². The van der Waals surface area contributed by atoms with E-state index in [4.69, 9.17) is 23.7 Å². The third-order valence-electron chi connectivity index (χ3n) is 12.6. The van der Waals surface area contributed by atoms with Gasteiger partial charge >= 0.3 is 11.9 Å². The third kappa shape index (κ3) is 10.6. The molecule has 4 aliphatic rings. The summed E-state index contributed by atoms with van der Waals surface area (Å²) in [7, 11) is 4.60. The number of carbonyl (C=O) groups excluding carboxylic acids is 4. The Morgan fingerprint density at radius 2 is 1.59 bits per heavy atom. The van der Waals surface area contributed by atoms with Gasteiger partial charge in [-0.3, -0.25) is 19.3 Å². The van der Waals surface area contributed by atoms with Crippen LogP contribution in [0.4, 0.5) is 0 Å². The zero-order valence-corrected chi connectivity index (χ0v) is 34.8. The predicted octanol–water partition coefficient (Wildman–Crippen LogP) is 4.60. The lowest BCUT2D eigenvalue weighted by Gasteiger charge is -2.46. The number of carbonyl (C=O) groups is 4. The standard InChI is InChI=1S/C43H67NO12/c1-10-30-18-24(2)17-25(3)19-36(53-8)39-37(54-9)21-27(5)43(51,56-39)40(48)41(49)44-16-12-11-13-31(44)42(50)55-38(28(6)33(46)23-34(30)47)26(4)20-29-14-15-32(45)35(22-29)52-7/h12,16,18,20,25,27-33,35-39,45-46,51H,10-11,13-15,17,19,21-23H2,1-9H3/b24-18+,26-20+/t25-,27+,28+,29?,30+,31?,32+,33-,35+,36-,37-,38+,39+,43+/m0/s1. The molecule has 4 rings (SSSR count). The maximum atomic E-state index is 14.2. The van der Waals surface area contributed by atoms with E-state index in [1.165, 1.54) is 20.4 Å². The lowest BCUT2D eigenvalue weighted by Crippen LogP contribution is -2.64. The molecule has 1 amide bonds. The smallest absolute Gasteiger partial charge is 0.329 e. The van der Waals surface area contributed by atoms with Gasteiger partial charge in [0.05, 0.1) is 30.5 Å². The summed E-state index contributed by atoms with van der Waals surface area (Å²) in [4.78, 5) is 57.3. The van der Waals surface area contributed by atoms with Gasteiger partial charge in [0.15, 0.2) is 0 Å². The van der Waals surface area contributed by atoms with Crippen molar-refractivity contribution in [2.24, 2.45) is 29.6 Å². The predicted molar refractivity (Wildman–Crippen MR) is 208 cm³/mol. The zero-order chi connectivity index (χ0) is 41.5. The molecule has 0 radical (unpaired) electrons. The molecular weight excluding hydrogens is 722 g/mol. The molecule has 2 bridgehead atoms. The van der Waals surface area contributed by atoms with Gasteiger partial charge in [0.1, 0.15) is 24.0 Å². The minimum atomic E-state index is -2.53. The molecule has 3 heterocycles. The van der Waals surface area contributed by atoms with Crippen LogP contribution >= 0.6 is 0 Å². The largest absolute Gasteiger partial charge is 0.456 e. The Bertz CT molecular complexity index is 1480. The average Bonchev–Trinajstić information content (AvgIpc) is 3.18. The maximum absolute atomic E-state index is 14.2. The fraction of sp³-hybridized carbons (Fsp3) is 0.767. The van der Waals surface area contributed by atoms with Crippen LogP contribution in [0.15, 0.2) is 35.6 Å². The van der Waals surface area contributed by atoms with E-state index in [0.29, 0.717) is 50.5 Å².